The van der Waals surface area contributed by atoms with Crippen LogP contribution in [0.5, 0.6) is 5.95 Å². The smallest absolute Gasteiger partial charge is 0.412 e. The summed E-state index contributed by atoms with van der Waals surface area (Å²) in [4.78, 5) is 11.4. The maximum atomic E-state index is 10.4. The van der Waals surface area contributed by atoms with Crippen LogP contribution < -0.4 is 10.5 Å². The van der Waals surface area contributed by atoms with Crippen molar-refractivity contribution in [2.75, 3.05) is 0 Å². The molecule has 2 aromatic heterocycles. The van der Waals surface area contributed by atoms with Crippen molar-refractivity contribution >= 4 is 17.4 Å². The van der Waals surface area contributed by atoms with E-state index in [0.717, 1.165) is 4.88 Å². The Labute approximate surface area is 83.9 Å². The van der Waals surface area contributed by atoms with E-state index in [1.807, 2.05) is 17.5 Å². The Kier molecular flexibility index (Phi) is 2.24. The molecule has 0 aliphatic heterocycles. The van der Waals surface area contributed by atoms with Crippen molar-refractivity contribution in [1.82, 2.24) is 0 Å². The number of hydrogen-bond donors (Lipinski definition) is 1. The third-order valence-corrected chi connectivity index (χ3v) is 2.43. The fourth-order valence-corrected chi connectivity index (χ4v) is 1.71. The molecule has 2 rings (SSSR count). The van der Waals surface area contributed by atoms with E-state index in [4.69, 9.17) is 10.2 Å². The summed E-state index contributed by atoms with van der Waals surface area (Å²) in [5, 5.41) is 1.94. The minimum Gasteiger partial charge on any atom is -0.424 e. The highest BCUT2D eigenvalue weighted by molar-refractivity contribution is 7.13. The van der Waals surface area contributed by atoms with E-state index in [2.05, 4.69) is 4.74 Å². The Morgan fingerprint density at radius 2 is 2.29 bits per heavy atom. The zero-order valence-corrected chi connectivity index (χ0v) is 7.91. The second kappa shape index (κ2) is 3.55. The first-order chi connectivity index (χ1) is 6.75. The quantitative estimate of drug-likeness (QED) is 0.826. The topological polar surface area (TPSA) is 65.5 Å². The summed E-state index contributed by atoms with van der Waals surface area (Å²) in [7, 11) is 0. The Morgan fingerprint density at radius 3 is 2.93 bits per heavy atom. The van der Waals surface area contributed by atoms with Crippen LogP contribution in [0.25, 0.3) is 10.6 Å². The van der Waals surface area contributed by atoms with Crippen molar-refractivity contribution in [3.05, 3.63) is 29.6 Å². The molecule has 2 aromatic rings. The van der Waals surface area contributed by atoms with E-state index in [0.29, 0.717) is 5.76 Å². The molecule has 1 amide bonds. The van der Waals surface area contributed by atoms with E-state index in [9.17, 15) is 4.79 Å². The molecule has 0 aliphatic carbocycles. The van der Waals surface area contributed by atoms with E-state index in [1.165, 1.54) is 0 Å². The summed E-state index contributed by atoms with van der Waals surface area (Å²) in [6, 6.07) is 7.11. The molecule has 0 atom stereocenters. The van der Waals surface area contributed by atoms with Gasteiger partial charge in [-0.15, -0.1) is 11.3 Å². The lowest BCUT2D eigenvalue weighted by atomic mass is 10.4. The molecule has 0 spiro atoms. The van der Waals surface area contributed by atoms with Gasteiger partial charge < -0.3 is 14.9 Å². The zero-order chi connectivity index (χ0) is 9.97. The second-order valence-electron chi connectivity index (χ2n) is 2.52. The molecule has 2 N–H and O–H groups in total. The average Bonchev–Trinajstić information content (AvgIpc) is 2.69. The van der Waals surface area contributed by atoms with Gasteiger partial charge in [0.05, 0.1) is 4.88 Å². The van der Waals surface area contributed by atoms with Crippen LogP contribution in [0.1, 0.15) is 0 Å². The Morgan fingerprint density at radius 1 is 1.43 bits per heavy atom. The Hall–Kier alpha value is -1.75. The first-order valence-electron chi connectivity index (χ1n) is 3.87. The first kappa shape index (κ1) is 8.83. The van der Waals surface area contributed by atoms with Gasteiger partial charge in [0, 0.05) is 6.07 Å². The van der Waals surface area contributed by atoms with Crippen LogP contribution in [0.15, 0.2) is 34.1 Å². The van der Waals surface area contributed by atoms with Gasteiger partial charge in [-0.1, -0.05) is 6.07 Å². The molecular weight excluding hydrogens is 202 g/mol. The number of carbonyl (C=O) groups excluding carboxylic acids is 1. The molecule has 2 heterocycles. The molecule has 0 saturated carbocycles. The summed E-state index contributed by atoms with van der Waals surface area (Å²) < 4.78 is 9.80. The van der Waals surface area contributed by atoms with Crippen LogP contribution >= 0.6 is 11.3 Å². The Balaban J connectivity index is 2.22. The number of amides is 1. The SMILES string of the molecule is NC(=O)Oc1ccc(-c2cccs2)o1. The predicted octanol–water partition coefficient (Wildman–Crippen LogP) is 2.47. The highest BCUT2D eigenvalue weighted by atomic mass is 32.1. The number of carbonyl (C=O) groups is 1. The number of thiophene rings is 1. The van der Waals surface area contributed by atoms with Gasteiger partial charge in [-0.25, -0.2) is 4.79 Å². The highest BCUT2D eigenvalue weighted by Gasteiger charge is 2.07. The van der Waals surface area contributed by atoms with Crippen LogP contribution in [0, 0.1) is 0 Å². The molecule has 4 nitrogen and oxygen atoms in total. The monoisotopic (exact) mass is 209 g/mol. The molecule has 72 valence electrons. The number of nitrogens with two attached hydrogens (primary N) is 1. The lowest BCUT2D eigenvalue weighted by Gasteiger charge is -1.93. The summed E-state index contributed by atoms with van der Waals surface area (Å²) in [5.41, 5.74) is 4.83. The maximum absolute atomic E-state index is 10.4. The average molecular weight is 209 g/mol. The minimum absolute atomic E-state index is 0.112. The van der Waals surface area contributed by atoms with Crippen molar-refractivity contribution in [3.63, 3.8) is 0 Å². The van der Waals surface area contributed by atoms with Gasteiger partial charge in [-0.3, -0.25) is 0 Å². The summed E-state index contributed by atoms with van der Waals surface area (Å²) in [5.74, 6) is 0.775. The van der Waals surface area contributed by atoms with Gasteiger partial charge in [0.25, 0.3) is 5.95 Å². The number of primary amides is 1. The Bertz CT molecular complexity index is 433. The predicted molar refractivity (Wildman–Crippen MR) is 52.2 cm³/mol. The van der Waals surface area contributed by atoms with E-state index >= 15 is 0 Å². The standard InChI is InChI=1S/C9H7NO3S/c10-9(11)13-8-4-3-6(12-8)7-2-1-5-14-7/h1-5H,(H2,10,11). The van der Waals surface area contributed by atoms with Crippen LogP contribution in [-0.4, -0.2) is 6.09 Å². The van der Waals surface area contributed by atoms with Gasteiger partial charge >= 0.3 is 6.09 Å². The molecule has 14 heavy (non-hydrogen) atoms. The molecule has 0 aliphatic rings. The van der Waals surface area contributed by atoms with Gasteiger partial charge in [-0.2, -0.15) is 0 Å². The first-order valence-corrected chi connectivity index (χ1v) is 4.74. The van der Waals surface area contributed by atoms with Crippen molar-refractivity contribution in [1.29, 1.82) is 0 Å². The van der Waals surface area contributed by atoms with Crippen molar-refractivity contribution in [2.45, 2.75) is 0 Å². The summed E-state index contributed by atoms with van der Waals surface area (Å²) >= 11 is 1.54. The van der Waals surface area contributed by atoms with Crippen molar-refractivity contribution in [3.8, 4) is 16.6 Å². The summed E-state index contributed by atoms with van der Waals surface area (Å²) in [6.07, 6.45) is -0.878. The molecule has 0 radical (unpaired) electrons. The van der Waals surface area contributed by atoms with Crippen LogP contribution in [0.4, 0.5) is 4.79 Å². The number of rotatable bonds is 2. The lowest BCUT2D eigenvalue weighted by molar-refractivity contribution is 0.198. The largest absolute Gasteiger partial charge is 0.424 e. The maximum Gasteiger partial charge on any atom is 0.412 e. The third kappa shape index (κ3) is 1.77. The van der Waals surface area contributed by atoms with Gasteiger partial charge in [-0.05, 0) is 17.5 Å². The van der Waals surface area contributed by atoms with Crippen LogP contribution in [0.2, 0.25) is 0 Å². The summed E-state index contributed by atoms with van der Waals surface area (Å²) in [6.45, 7) is 0. The van der Waals surface area contributed by atoms with Gasteiger partial charge in [0.1, 0.15) is 5.76 Å². The van der Waals surface area contributed by atoms with Crippen LogP contribution in [0.3, 0.4) is 0 Å². The molecule has 0 aromatic carbocycles. The molecule has 0 bridgehead atoms. The van der Waals surface area contributed by atoms with Crippen molar-refractivity contribution in [2.24, 2.45) is 5.73 Å². The fourth-order valence-electron chi connectivity index (χ4n) is 1.03. The molecule has 0 unspecified atom stereocenters. The van der Waals surface area contributed by atoms with E-state index in [-0.39, 0.29) is 5.95 Å². The number of ether oxygens (including phenoxy) is 1. The molecular formula is C9H7NO3S. The molecule has 5 heteroatoms. The zero-order valence-electron chi connectivity index (χ0n) is 7.10. The third-order valence-electron chi connectivity index (χ3n) is 1.55. The van der Waals surface area contributed by atoms with Gasteiger partial charge in [0.15, 0.2) is 0 Å². The second-order valence-corrected chi connectivity index (χ2v) is 3.46. The number of furan rings is 1. The molecule has 0 fully saturated rings. The highest BCUT2D eigenvalue weighted by Crippen LogP contribution is 2.29. The van der Waals surface area contributed by atoms with E-state index in [1.54, 1.807) is 23.5 Å². The normalized spacial score (nSPS) is 10.0. The fraction of sp³-hybridized carbons (Fsp3) is 0. The minimum atomic E-state index is -0.878. The lowest BCUT2D eigenvalue weighted by Crippen LogP contribution is -2.15. The van der Waals surface area contributed by atoms with Crippen LogP contribution in [-0.2, 0) is 0 Å². The molecule has 0 saturated heterocycles. The van der Waals surface area contributed by atoms with E-state index < -0.39 is 6.09 Å². The van der Waals surface area contributed by atoms with Gasteiger partial charge in [0.2, 0.25) is 0 Å². The van der Waals surface area contributed by atoms with Crippen molar-refractivity contribution < 1.29 is 13.9 Å². The number of hydrogen-bond acceptors (Lipinski definition) is 4.